The first-order valence-corrected chi connectivity index (χ1v) is 5.47. The molecule has 0 aliphatic rings. The molecule has 3 nitrogen and oxygen atoms in total. The van der Waals surface area contributed by atoms with E-state index in [2.05, 4.69) is 25.9 Å². The molecule has 1 atom stereocenters. The second-order valence-electron chi connectivity index (χ2n) is 3.53. The van der Waals surface area contributed by atoms with Crippen molar-refractivity contribution in [3.05, 3.63) is 17.5 Å². The normalized spacial score (nSPS) is 13.1. The molecular formula is C11H20N2O. The molecule has 0 aliphatic heterocycles. The summed E-state index contributed by atoms with van der Waals surface area (Å²) in [6.07, 6.45) is 2.39. The molecule has 0 fully saturated rings. The van der Waals surface area contributed by atoms with Gasteiger partial charge >= 0.3 is 0 Å². The average molecular weight is 196 g/mol. The zero-order valence-electron chi connectivity index (χ0n) is 9.32. The van der Waals surface area contributed by atoms with Gasteiger partial charge < -0.3 is 5.11 Å². The van der Waals surface area contributed by atoms with Crippen LogP contribution in [0.15, 0.2) is 6.07 Å². The Hall–Kier alpha value is -0.830. The van der Waals surface area contributed by atoms with Gasteiger partial charge in [-0.15, -0.1) is 0 Å². The molecule has 0 saturated heterocycles. The van der Waals surface area contributed by atoms with Crippen molar-refractivity contribution in [2.75, 3.05) is 0 Å². The molecule has 14 heavy (non-hydrogen) atoms. The number of nitrogens with zero attached hydrogens (tertiary/aromatic N) is 2. The highest BCUT2D eigenvalue weighted by Crippen LogP contribution is 2.19. The van der Waals surface area contributed by atoms with Crippen molar-refractivity contribution in [1.29, 1.82) is 0 Å². The number of aliphatic hydroxyl groups is 1. The molecule has 0 bridgehead atoms. The Labute approximate surface area is 85.8 Å². The first kappa shape index (κ1) is 11.2. The van der Waals surface area contributed by atoms with Gasteiger partial charge in [-0.25, -0.2) is 0 Å². The van der Waals surface area contributed by atoms with Crippen molar-refractivity contribution < 1.29 is 5.11 Å². The van der Waals surface area contributed by atoms with Gasteiger partial charge in [-0.3, -0.25) is 4.68 Å². The Morgan fingerprint density at radius 3 is 2.64 bits per heavy atom. The second kappa shape index (κ2) is 5.15. The first-order valence-electron chi connectivity index (χ1n) is 5.47. The minimum atomic E-state index is -0.354. The molecule has 0 aromatic carbocycles. The van der Waals surface area contributed by atoms with Crippen LogP contribution in [0.4, 0.5) is 0 Å². The van der Waals surface area contributed by atoms with E-state index in [1.807, 2.05) is 10.7 Å². The third-order valence-corrected chi connectivity index (χ3v) is 2.43. The van der Waals surface area contributed by atoms with Gasteiger partial charge in [-0.05, 0) is 25.8 Å². The molecule has 1 aromatic heterocycles. The molecule has 0 amide bonds. The highest BCUT2D eigenvalue weighted by molar-refractivity contribution is 5.12. The molecule has 1 rings (SSSR count). The van der Waals surface area contributed by atoms with E-state index in [4.69, 9.17) is 0 Å². The van der Waals surface area contributed by atoms with Gasteiger partial charge in [0.05, 0.1) is 17.5 Å². The molecule has 0 radical (unpaired) electrons. The summed E-state index contributed by atoms with van der Waals surface area (Å²) in [7, 11) is 0. The zero-order valence-corrected chi connectivity index (χ0v) is 9.32. The molecular weight excluding hydrogens is 176 g/mol. The second-order valence-corrected chi connectivity index (χ2v) is 3.53. The molecule has 1 unspecified atom stereocenters. The Bertz CT molecular complexity index is 281. The van der Waals surface area contributed by atoms with Crippen LogP contribution in [-0.4, -0.2) is 14.9 Å². The van der Waals surface area contributed by atoms with Gasteiger partial charge in [0.2, 0.25) is 0 Å². The van der Waals surface area contributed by atoms with Crippen molar-refractivity contribution in [3.63, 3.8) is 0 Å². The quantitative estimate of drug-likeness (QED) is 0.784. The third-order valence-electron chi connectivity index (χ3n) is 2.43. The van der Waals surface area contributed by atoms with E-state index in [1.165, 1.54) is 0 Å². The van der Waals surface area contributed by atoms with Crippen LogP contribution < -0.4 is 0 Å². The third kappa shape index (κ3) is 2.35. The van der Waals surface area contributed by atoms with Crippen molar-refractivity contribution >= 4 is 0 Å². The molecule has 0 aliphatic carbocycles. The van der Waals surface area contributed by atoms with Crippen molar-refractivity contribution in [3.8, 4) is 0 Å². The Morgan fingerprint density at radius 1 is 1.43 bits per heavy atom. The van der Waals surface area contributed by atoms with Crippen LogP contribution in [0.5, 0.6) is 0 Å². The fourth-order valence-electron chi connectivity index (χ4n) is 1.60. The smallest absolute Gasteiger partial charge is 0.0956 e. The highest BCUT2D eigenvalue weighted by atomic mass is 16.3. The molecule has 0 saturated carbocycles. The fourth-order valence-corrected chi connectivity index (χ4v) is 1.60. The lowest BCUT2D eigenvalue weighted by atomic mass is 10.1. The summed E-state index contributed by atoms with van der Waals surface area (Å²) in [4.78, 5) is 0. The number of hydrogen-bond donors (Lipinski definition) is 1. The van der Waals surface area contributed by atoms with Gasteiger partial charge in [-0.1, -0.05) is 20.3 Å². The van der Waals surface area contributed by atoms with Crippen LogP contribution in [0, 0.1) is 0 Å². The van der Waals surface area contributed by atoms with E-state index < -0.39 is 0 Å². The maximum absolute atomic E-state index is 9.88. The van der Waals surface area contributed by atoms with Crippen LogP contribution in [0.3, 0.4) is 0 Å². The van der Waals surface area contributed by atoms with Gasteiger partial charge in [-0.2, -0.15) is 5.10 Å². The number of rotatable bonds is 5. The van der Waals surface area contributed by atoms with Gasteiger partial charge in [0.1, 0.15) is 0 Å². The van der Waals surface area contributed by atoms with Crippen molar-refractivity contribution in [2.45, 2.75) is 52.7 Å². The number of aryl methyl sites for hydroxylation is 2. The Morgan fingerprint density at radius 2 is 2.14 bits per heavy atom. The van der Waals surface area contributed by atoms with Crippen LogP contribution in [0.1, 0.15) is 51.1 Å². The summed E-state index contributed by atoms with van der Waals surface area (Å²) < 4.78 is 1.90. The zero-order chi connectivity index (χ0) is 10.6. The minimum Gasteiger partial charge on any atom is -0.387 e. The topological polar surface area (TPSA) is 38.1 Å². The van der Waals surface area contributed by atoms with E-state index in [0.29, 0.717) is 0 Å². The van der Waals surface area contributed by atoms with E-state index in [1.54, 1.807) is 0 Å². The first-order chi connectivity index (χ1) is 6.72. The predicted molar refractivity (Wildman–Crippen MR) is 57.1 cm³/mol. The monoisotopic (exact) mass is 196 g/mol. The lowest BCUT2D eigenvalue weighted by Crippen LogP contribution is -2.07. The number of hydrogen-bond acceptors (Lipinski definition) is 2. The van der Waals surface area contributed by atoms with Gasteiger partial charge in [0.25, 0.3) is 0 Å². The predicted octanol–water partition coefficient (Wildman–Crippen LogP) is 2.30. The largest absolute Gasteiger partial charge is 0.387 e. The number of aliphatic hydroxyl groups excluding tert-OH is 1. The summed E-state index contributed by atoms with van der Waals surface area (Å²) in [5.41, 5.74) is 2.03. The van der Waals surface area contributed by atoms with E-state index in [0.717, 1.165) is 37.2 Å². The standard InChI is InChI=1S/C11H20N2O/c1-4-7-11(14)10-8-9(5-2)12-13(10)6-3/h8,11,14H,4-7H2,1-3H3. The molecule has 1 heterocycles. The summed E-state index contributed by atoms with van der Waals surface area (Å²) >= 11 is 0. The van der Waals surface area contributed by atoms with Crippen molar-refractivity contribution in [2.24, 2.45) is 0 Å². The maximum Gasteiger partial charge on any atom is 0.0956 e. The van der Waals surface area contributed by atoms with Crippen molar-refractivity contribution in [1.82, 2.24) is 9.78 Å². The molecule has 1 aromatic rings. The van der Waals surface area contributed by atoms with Gasteiger partial charge in [0.15, 0.2) is 0 Å². The average Bonchev–Trinajstić information content (AvgIpc) is 2.61. The lowest BCUT2D eigenvalue weighted by Gasteiger charge is -2.10. The minimum absolute atomic E-state index is 0.354. The van der Waals surface area contributed by atoms with E-state index >= 15 is 0 Å². The number of aromatic nitrogens is 2. The fraction of sp³-hybridized carbons (Fsp3) is 0.727. The Kier molecular flexibility index (Phi) is 4.14. The molecule has 1 N–H and O–H groups in total. The molecule has 3 heteroatoms. The summed E-state index contributed by atoms with van der Waals surface area (Å²) in [6.45, 7) is 7.04. The van der Waals surface area contributed by atoms with Crippen LogP contribution in [0.2, 0.25) is 0 Å². The SMILES string of the molecule is CCCC(O)c1cc(CC)nn1CC. The van der Waals surface area contributed by atoms with E-state index in [9.17, 15) is 5.11 Å². The summed E-state index contributed by atoms with van der Waals surface area (Å²) in [6, 6.07) is 2.02. The maximum atomic E-state index is 9.88. The summed E-state index contributed by atoms with van der Waals surface area (Å²) in [5.74, 6) is 0. The summed E-state index contributed by atoms with van der Waals surface area (Å²) in [5, 5.41) is 14.3. The van der Waals surface area contributed by atoms with Crippen LogP contribution >= 0.6 is 0 Å². The Balaban J connectivity index is 2.87. The molecule has 0 spiro atoms. The van der Waals surface area contributed by atoms with Crippen LogP contribution in [-0.2, 0) is 13.0 Å². The van der Waals surface area contributed by atoms with Crippen LogP contribution in [0.25, 0.3) is 0 Å². The lowest BCUT2D eigenvalue weighted by molar-refractivity contribution is 0.155. The van der Waals surface area contributed by atoms with Gasteiger partial charge in [0, 0.05) is 6.54 Å². The highest BCUT2D eigenvalue weighted by Gasteiger charge is 2.13. The van der Waals surface area contributed by atoms with E-state index in [-0.39, 0.29) is 6.10 Å². The molecule has 80 valence electrons.